The smallest absolute Gasteiger partial charge is 0.252 e. The van der Waals surface area contributed by atoms with Crippen molar-refractivity contribution >= 4 is 16.7 Å². The lowest BCUT2D eigenvalue weighted by Crippen LogP contribution is -2.01. The second-order valence-corrected chi connectivity index (χ2v) is 6.27. The first kappa shape index (κ1) is 14.8. The van der Waals surface area contributed by atoms with Crippen molar-refractivity contribution in [3.05, 3.63) is 66.4 Å². The van der Waals surface area contributed by atoms with Gasteiger partial charge in [-0.1, -0.05) is 18.2 Å². The predicted octanol–water partition coefficient (Wildman–Crippen LogP) is 2.79. The van der Waals surface area contributed by atoms with E-state index in [0.717, 1.165) is 35.6 Å². The minimum atomic E-state index is 0.609. The zero-order chi connectivity index (χ0) is 17.5. The van der Waals surface area contributed by atoms with Gasteiger partial charge in [-0.25, -0.2) is 4.98 Å². The zero-order valence-corrected chi connectivity index (χ0v) is 14.3. The lowest BCUT2D eigenvalue weighted by Gasteiger charge is -2.03. The number of aromatic amines is 1. The molecule has 0 spiro atoms. The average Bonchev–Trinajstić information content (AvgIpc) is 3.37. The summed E-state index contributed by atoms with van der Waals surface area (Å²) in [5.41, 5.74) is 4.34. The Hall–Kier alpha value is -3.48. The van der Waals surface area contributed by atoms with Crippen LogP contribution in [0.25, 0.3) is 28.1 Å². The largest absolute Gasteiger partial charge is 0.361 e. The molecule has 5 aromatic rings. The van der Waals surface area contributed by atoms with E-state index in [4.69, 9.17) is 0 Å². The van der Waals surface area contributed by atoms with Crippen LogP contribution in [-0.2, 0) is 19.9 Å². The van der Waals surface area contributed by atoms with Gasteiger partial charge in [-0.2, -0.15) is 14.6 Å². The summed E-state index contributed by atoms with van der Waals surface area (Å²) >= 11 is 0. The van der Waals surface area contributed by atoms with Gasteiger partial charge in [0.05, 0.1) is 11.4 Å². The summed E-state index contributed by atoms with van der Waals surface area (Å²) in [5, 5.41) is 10.2. The van der Waals surface area contributed by atoms with E-state index in [0.29, 0.717) is 5.78 Å². The molecule has 0 aliphatic carbocycles. The Labute approximate surface area is 149 Å². The Morgan fingerprint density at radius 2 is 1.88 bits per heavy atom. The summed E-state index contributed by atoms with van der Waals surface area (Å²) in [4.78, 5) is 12.3. The fourth-order valence-electron chi connectivity index (χ4n) is 3.35. The van der Waals surface area contributed by atoms with Crippen LogP contribution in [-0.4, -0.2) is 34.3 Å². The van der Waals surface area contributed by atoms with Crippen molar-refractivity contribution in [2.75, 3.05) is 0 Å². The normalized spacial score (nSPS) is 11.6. The molecule has 128 valence electrons. The standard InChI is InChI=1S/C19H17N7/c1-25-16(9-11-22-25)17-8-10-20-19-23-18(24-26(17)19)7-6-13-12-21-15-5-3-2-4-14(13)15/h2-5,8-12,21H,6-7H2,1H3. The van der Waals surface area contributed by atoms with Gasteiger partial charge in [0, 0.05) is 43.0 Å². The van der Waals surface area contributed by atoms with E-state index in [-0.39, 0.29) is 0 Å². The second-order valence-electron chi connectivity index (χ2n) is 6.27. The van der Waals surface area contributed by atoms with Gasteiger partial charge in [-0.3, -0.25) is 4.68 Å². The first-order chi connectivity index (χ1) is 12.8. The van der Waals surface area contributed by atoms with E-state index in [1.54, 1.807) is 16.9 Å². The van der Waals surface area contributed by atoms with Crippen LogP contribution in [0.15, 0.2) is 55.0 Å². The molecule has 7 nitrogen and oxygen atoms in total. The van der Waals surface area contributed by atoms with Crippen molar-refractivity contribution in [1.29, 1.82) is 0 Å². The van der Waals surface area contributed by atoms with Crippen LogP contribution < -0.4 is 0 Å². The summed E-state index contributed by atoms with van der Waals surface area (Å²) in [7, 11) is 1.91. The van der Waals surface area contributed by atoms with Crippen LogP contribution in [0, 0.1) is 0 Å². The molecule has 0 fully saturated rings. The van der Waals surface area contributed by atoms with Crippen molar-refractivity contribution < 1.29 is 0 Å². The van der Waals surface area contributed by atoms with Crippen LogP contribution in [0.4, 0.5) is 0 Å². The molecule has 1 aromatic carbocycles. The summed E-state index contributed by atoms with van der Waals surface area (Å²) < 4.78 is 3.61. The van der Waals surface area contributed by atoms with Crippen LogP contribution in [0.3, 0.4) is 0 Å². The molecule has 0 atom stereocenters. The quantitative estimate of drug-likeness (QED) is 0.544. The molecule has 1 N–H and O–H groups in total. The number of nitrogens with one attached hydrogen (secondary N) is 1. The molecule has 7 heteroatoms. The third-order valence-electron chi connectivity index (χ3n) is 4.66. The van der Waals surface area contributed by atoms with Gasteiger partial charge in [-0.05, 0) is 30.2 Å². The van der Waals surface area contributed by atoms with E-state index >= 15 is 0 Å². The molecule has 4 heterocycles. The predicted molar refractivity (Wildman–Crippen MR) is 98.7 cm³/mol. The number of aryl methyl sites for hydroxylation is 3. The number of benzene rings is 1. The van der Waals surface area contributed by atoms with Gasteiger partial charge in [-0.15, -0.1) is 5.10 Å². The molecular weight excluding hydrogens is 326 g/mol. The van der Waals surface area contributed by atoms with Gasteiger partial charge in [0.25, 0.3) is 5.78 Å². The Morgan fingerprint density at radius 3 is 2.77 bits per heavy atom. The summed E-state index contributed by atoms with van der Waals surface area (Å²) in [6.07, 6.45) is 7.24. The Balaban J connectivity index is 1.48. The highest BCUT2D eigenvalue weighted by atomic mass is 15.3. The van der Waals surface area contributed by atoms with Gasteiger partial charge in [0.15, 0.2) is 5.82 Å². The molecule has 0 radical (unpaired) electrons. The first-order valence-corrected chi connectivity index (χ1v) is 8.53. The van der Waals surface area contributed by atoms with Crippen molar-refractivity contribution in [1.82, 2.24) is 34.3 Å². The molecule has 0 aliphatic rings. The van der Waals surface area contributed by atoms with E-state index in [1.165, 1.54) is 10.9 Å². The number of fused-ring (bicyclic) bond motifs is 2. The number of H-pyrrole nitrogens is 1. The third kappa shape index (κ3) is 2.36. The maximum atomic E-state index is 4.68. The highest BCUT2D eigenvalue weighted by Crippen LogP contribution is 2.20. The number of hydrogen-bond donors (Lipinski definition) is 1. The average molecular weight is 343 g/mol. The van der Waals surface area contributed by atoms with Crippen molar-refractivity contribution in [3.8, 4) is 11.4 Å². The molecule has 5 rings (SSSR count). The number of aromatic nitrogens is 7. The topological polar surface area (TPSA) is 76.7 Å². The highest BCUT2D eigenvalue weighted by molar-refractivity contribution is 5.83. The molecule has 0 bridgehead atoms. The number of nitrogens with zero attached hydrogens (tertiary/aromatic N) is 6. The van der Waals surface area contributed by atoms with Crippen molar-refractivity contribution in [3.63, 3.8) is 0 Å². The van der Waals surface area contributed by atoms with E-state index < -0.39 is 0 Å². The molecule has 0 saturated carbocycles. The maximum Gasteiger partial charge on any atom is 0.252 e. The molecule has 0 aliphatic heterocycles. The Bertz CT molecular complexity index is 1210. The molecule has 0 saturated heterocycles. The number of rotatable bonds is 4. The maximum absolute atomic E-state index is 4.68. The Morgan fingerprint density at radius 1 is 1.00 bits per heavy atom. The van der Waals surface area contributed by atoms with E-state index in [2.05, 4.69) is 49.5 Å². The fraction of sp³-hybridized carbons (Fsp3) is 0.158. The van der Waals surface area contributed by atoms with E-state index in [1.807, 2.05) is 29.9 Å². The van der Waals surface area contributed by atoms with Crippen LogP contribution in [0.1, 0.15) is 11.4 Å². The summed E-state index contributed by atoms with van der Waals surface area (Å²) in [6, 6.07) is 12.2. The lowest BCUT2D eigenvalue weighted by atomic mass is 10.1. The monoisotopic (exact) mass is 343 g/mol. The van der Waals surface area contributed by atoms with Crippen LogP contribution in [0.2, 0.25) is 0 Å². The molecule has 26 heavy (non-hydrogen) atoms. The van der Waals surface area contributed by atoms with Crippen LogP contribution >= 0.6 is 0 Å². The SMILES string of the molecule is Cn1nccc1-c1ccnc2nc(CCc3c[nH]c4ccccc34)nn12. The summed E-state index contributed by atoms with van der Waals surface area (Å²) in [6.45, 7) is 0. The second kappa shape index (κ2) is 5.80. The zero-order valence-electron chi connectivity index (χ0n) is 14.3. The van der Waals surface area contributed by atoms with Crippen molar-refractivity contribution in [2.45, 2.75) is 12.8 Å². The van der Waals surface area contributed by atoms with E-state index in [9.17, 15) is 0 Å². The summed E-state index contributed by atoms with van der Waals surface area (Å²) in [5.74, 6) is 1.40. The fourth-order valence-corrected chi connectivity index (χ4v) is 3.35. The first-order valence-electron chi connectivity index (χ1n) is 8.53. The third-order valence-corrected chi connectivity index (χ3v) is 4.66. The van der Waals surface area contributed by atoms with Gasteiger partial charge in [0.1, 0.15) is 0 Å². The lowest BCUT2D eigenvalue weighted by molar-refractivity contribution is 0.764. The van der Waals surface area contributed by atoms with Gasteiger partial charge < -0.3 is 4.98 Å². The van der Waals surface area contributed by atoms with Gasteiger partial charge in [0.2, 0.25) is 0 Å². The van der Waals surface area contributed by atoms with Gasteiger partial charge >= 0.3 is 0 Å². The highest BCUT2D eigenvalue weighted by Gasteiger charge is 2.13. The molecule has 0 amide bonds. The minimum absolute atomic E-state index is 0.609. The minimum Gasteiger partial charge on any atom is -0.361 e. The molecule has 4 aromatic heterocycles. The van der Waals surface area contributed by atoms with Crippen molar-refractivity contribution in [2.24, 2.45) is 7.05 Å². The molecular formula is C19H17N7. The Kier molecular flexibility index (Phi) is 3.31. The molecule has 0 unspecified atom stereocenters. The number of hydrogen-bond acceptors (Lipinski definition) is 4. The number of para-hydroxylation sites is 1. The van der Waals surface area contributed by atoms with Crippen LogP contribution in [0.5, 0.6) is 0 Å².